The lowest BCUT2D eigenvalue weighted by molar-refractivity contribution is -0.155. The van der Waals surface area contributed by atoms with Crippen LogP contribution < -0.4 is 16.3 Å². The molecule has 1 aromatic heterocycles. The van der Waals surface area contributed by atoms with Gasteiger partial charge in [-0.1, -0.05) is 48.5 Å². The van der Waals surface area contributed by atoms with Gasteiger partial charge in [-0.25, -0.2) is 9.59 Å². The number of rotatable bonds is 8. The van der Waals surface area contributed by atoms with E-state index in [0.29, 0.717) is 11.3 Å². The third-order valence-electron chi connectivity index (χ3n) is 7.23. The van der Waals surface area contributed by atoms with Crippen LogP contribution in [0.1, 0.15) is 56.2 Å². The van der Waals surface area contributed by atoms with Gasteiger partial charge in [0.1, 0.15) is 23.8 Å². The average molecular weight is 583 g/mol. The second-order valence-corrected chi connectivity index (χ2v) is 11.6. The fraction of sp³-hybridized carbons (Fsp3) is 0.294. The highest BCUT2D eigenvalue weighted by Crippen LogP contribution is 2.44. The van der Waals surface area contributed by atoms with E-state index in [9.17, 15) is 19.2 Å². The minimum absolute atomic E-state index is 0.0211. The van der Waals surface area contributed by atoms with Gasteiger partial charge in [-0.15, -0.1) is 0 Å². The Bertz CT molecular complexity index is 1710. The van der Waals surface area contributed by atoms with E-state index in [1.807, 2.05) is 48.5 Å². The van der Waals surface area contributed by atoms with Crippen LogP contribution in [0.2, 0.25) is 0 Å². The SMILES string of the molecule is Cc1cc(=O)oc2cc(NC(=O)[C@H](CCC(=O)OC(C)(C)C)NC(=O)OCC3c4ccccc4-c4ccccc43)ccc12. The molecular formula is C34H34N2O7. The highest BCUT2D eigenvalue weighted by atomic mass is 16.6. The van der Waals surface area contributed by atoms with E-state index in [1.165, 1.54) is 6.07 Å². The highest BCUT2D eigenvalue weighted by Gasteiger charge is 2.30. The molecule has 0 bridgehead atoms. The van der Waals surface area contributed by atoms with E-state index in [2.05, 4.69) is 10.6 Å². The van der Waals surface area contributed by atoms with Crippen molar-refractivity contribution in [1.29, 1.82) is 0 Å². The molecule has 9 heteroatoms. The number of fused-ring (bicyclic) bond motifs is 4. The molecule has 43 heavy (non-hydrogen) atoms. The van der Waals surface area contributed by atoms with Gasteiger partial charge in [0.05, 0.1) is 0 Å². The number of nitrogens with one attached hydrogen (secondary N) is 2. The Morgan fingerprint density at radius 2 is 1.58 bits per heavy atom. The van der Waals surface area contributed by atoms with Gasteiger partial charge in [-0.2, -0.15) is 0 Å². The van der Waals surface area contributed by atoms with Crippen LogP contribution >= 0.6 is 0 Å². The number of alkyl carbamates (subject to hydrolysis) is 1. The lowest BCUT2D eigenvalue weighted by Crippen LogP contribution is -2.44. The van der Waals surface area contributed by atoms with Gasteiger partial charge in [0.15, 0.2) is 0 Å². The largest absolute Gasteiger partial charge is 0.460 e. The van der Waals surface area contributed by atoms with Gasteiger partial charge in [0.2, 0.25) is 5.91 Å². The zero-order chi connectivity index (χ0) is 30.7. The van der Waals surface area contributed by atoms with Crippen molar-refractivity contribution < 1.29 is 28.3 Å². The summed E-state index contributed by atoms with van der Waals surface area (Å²) < 4.78 is 16.3. The number of benzene rings is 3. The minimum atomic E-state index is -1.11. The molecule has 5 rings (SSSR count). The molecule has 0 aliphatic heterocycles. The van der Waals surface area contributed by atoms with Crippen molar-refractivity contribution in [3.8, 4) is 11.1 Å². The Morgan fingerprint density at radius 1 is 0.930 bits per heavy atom. The second-order valence-electron chi connectivity index (χ2n) is 11.6. The summed E-state index contributed by atoms with van der Waals surface area (Å²) in [5, 5.41) is 6.11. The van der Waals surface area contributed by atoms with Gasteiger partial charge < -0.3 is 24.5 Å². The second kappa shape index (κ2) is 12.1. The minimum Gasteiger partial charge on any atom is -0.460 e. The third-order valence-corrected chi connectivity index (χ3v) is 7.23. The molecule has 0 spiro atoms. The normalized spacial score (nSPS) is 13.1. The summed E-state index contributed by atoms with van der Waals surface area (Å²) in [5.74, 6) is -1.21. The number of esters is 1. The molecule has 4 aromatic rings. The molecule has 1 atom stereocenters. The lowest BCUT2D eigenvalue weighted by atomic mass is 9.98. The van der Waals surface area contributed by atoms with Crippen molar-refractivity contribution in [2.45, 2.75) is 58.1 Å². The molecule has 0 saturated carbocycles. The summed E-state index contributed by atoms with van der Waals surface area (Å²) in [7, 11) is 0. The average Bonchev–Trinajstić information content (AvgIpc) is 3.26. The van der Waals surface area contributed by atoms with Crippen LogP contribution in [-0.4, -0.2) is 36.2 Å². The third kappa shape index (κ3) is 6.94. The molecule has 2 amide bonds. The molecule has 0 radical (unpaired) electrons. The molecular weight excluding hydrogens is 548 g/mol. The maximum Gasteiger partial charge on any atom is 0.407 e. The van der Waals surface area contributed by atoms with Crippen LogP contribution in [0.5, 0.6) is 0 Å². The van der Waals surface area contributed by atoms with E-state index in [4.69, 9.17) is 13.9 Å². The summed E-state index contributed by atoms with van der Waals surface area (Å²) in [5.41, 5.74) is 4.56. The standard InChI is InChI=1S/C34H34N2O7/c1-20-17-31(38)42-29-18-21(13-14-22(20)29)35-32(39)28(15-16-30(37)43-34(2,3)4)36-33(40)41-19-27-25-11-7-5-9-23(25)24-10-6-8-12-26(24)27/h5-14,17-18,27-28H,15-16,19H2,1-4H3,(H,35,39)(H,36,40)/t28-/m0/s1. The first kappa shape index (κ1) is 29.6. The van der Waals surface area contributed by atoms with E-state index >= 15 is 0 Å². The lowest BCUT2D eigenvalue weighted by Gasteiger charge is -2.22. The number of carbonyl (C=O) groups is 3. The number of anilines is 1. The number of amides is 2. The fourth-order valence-corrected chi connectivity index (χ4v) is 5.34. The Hall–Kier alpha value is -4.92. The molecule has 0 fully saturated rings. The predicted molar refractivity (Wildman–Crippen MR) is 163 cm³/mol. The van der Waals surface area contributed by atoms with E-state index in [1.54, 1.807) is 45.9 Å². The van der Waals surface area contributed by atoms with Crippen LogP contribution in [0.4, 0.5) is 10.5 Å². The van der Waals surface area contributed by atoms with E-state index in [-0.39, 0.29) is 25.4 Å². The Kier molecular flexibility index (Phi) is 8.34. The molecule has 1 aliphatic rings. The van der Waals surface area contributed by atoms with E-state index < -0.39 is 35.2 Å². The van der Waals surface area contributed by atoms with Crippen molar-refractivity contribution in [2.24, 2.45) is 0 Å². The quantitative estimate of drug-likeness (QED) is 0.191. The first-order valence-corrected chi connectivity index (χ1v) is 14.2. The summed E-state index contributed by atoms with van der Waals surface area (Å²) in [6.07, 6.45) is -0.913. The number of hydrogen-bond donors (Lipinski definition) is 2. The maximum atomic E-state index is 13.4. The topological polar surface area (TPSA) is 124 Å². The molecule has 2 N–H and O–H groups in total. The van der Waals surface area contributed by atoms with Crippen molar-refractivity contribution in [1.82, 2.24) is 5.32 Å². The number of ether oxygens (including phenoxy) is 2. The first-order valence-electron chi connectivity index (χ1n) is 14.2. The van der Waals surface area contributed by atoms with Crippen LogP contribution in [0, 0.1) is 6.92 Å². The summed E-state index contributed by atoms with van der Waals surface area (Å²) >= 11 is 0. The molecule has 1 aliphatic carbocycles. The monoisotopic (exact) mass is 582 g/mol. The van der Waals surface area contributed by atoms with Gasteiger partial charge in [0.25, 0.3) is 0 Å². The smallest absolute Gasteiger partial charge is 0.407 e. The fourth-order valence-electron chi connectivity index (χ4n) is 5.34. The Morgan fingerprint density at radius 3 is 2.23 bits per heavy atom. The molecule has 222 valence electrons. The summed E-state index contributed by atoms with van der Waals surface area (Å²) in [6, 6.07) is 21.2. The van der Waals surface area contributed by atoms with Crippen molar-refractivity contribution in [2.75, 3.05) is 11.9 Å². The van der Waals surface area contributed by atoms with Crippen LogP contribution in [0.15, 0.2) is 82.0 Å². The molecule has 0 unspecified atom stereocenters. The predicted octanol–water partition coefficient (Wildman–Crippen LogP) is 6.07. The molecule has 9 nitrogen and oxygen atoms in total. The number of aryl methyl sites for hydroxylation is 1. The zero-order valence-corrected chi connectivity index (χ0v) is 24.6. The van der Waals surface area contributed by atoms with Gasteiger partial charge in [-0.3, -0.25) is 9.59 Å². The van der Waals surface area contributed by atoms with Crippen molar-refractivity contribution in [3.05, 3.63) is 99.9 Å². The van der Waals surface area contributed by atoms with Crippen LogP contribution in [0.25, 0.3) is 22.1 Å². The summed E-state index contributed by atoms with van der Waals surface area (Å²) in [6.45, 7) is 7.13. The highest BCUT2D eigenvalue weighted by molar-refractivity contribution is 5.98. The zero-order valence-electron chi connectivity index (χ0n) is 24.6. The molecule has 1 heterocycles. The number of hydrogen-bond acceptors (Lipinski definition) is 7. The summed E-state index contributed by atoms with van der Waals surface area (Å²) in [4.78, 5) is 50.7. The van der Waals surface area contributed by atoms with Crippen molar-refractivity contribution in [3.63, 3.8) is 0 Å². The Balaban J connectivity index is 1.30. The van der Waals surface area contributed by atoms with Gasteiger partial charge in [-0.05, 0) is 74.1 Å². The van der Waals surface area contributed by atoms with Gasteiger partial charge >= 0.3 is 17.7 Å². The van der Waals surface area contributed by atoms with Crippen LogP contribution in [0.3, 0.4) is 0 Å². The molecule has 3 aromatic carbocycles. The number of carbonyl (C=O) groups excluding carboxylic acids is 3. The first-order chi connectivity index (χ1) is 20.5. The van der Waals surface area contributed by atoms with Crippen LogP contribution in [-0.2, 0) is 19.1 Å². The molecule has 0 saturated heterocycles. The maximum absolute atomic E-state index is 13.4. The van der Waals surface area contributed by atoms with Gasteiger partial charge in [0, 0.05) is 35.5 Å². The van der Waals surface area contributed by atoms with Crippen molar-refractivity contribution >= 4 is 34.6 Å². The van der Waals surface area contributed by atoms with E-state index in [0.717, 1.165) is 33.2 Å². The Labute approximate surface area is 249 Å².